The van der Waals surface area contributed by atoms with E-state index < -0.39 is 0 Å². The van der Waals surface area contributed by atoms with Crippen LogP contribution in [-0.2, 0) is 7.05 Å². The molecule has 0 spiro atoms. The highest BCUT2D eigenvalue weighted by atomic mass is 15.3. The Balaban J connectivity index is 2.25. The third-order valence-corrected chi connectivity index (χ3v) is 2.48. The van der Waals surface area contributed by atoms with Crippen LogP contribution in [-0.4, -0.2) is 31.7 Å². The standard InChI is InChI=1S/C10H16N6/c1-3-5-11-10(8-7-12-15-14-8)9-4-6-13-16(9)2/h4,6-7,10-11H,3,5H2,1-2H3,(H,12,14,15). The van der Waals surface area contributed by atoms with Gasteiger partial charge in [-0.1, -0.05) is 6.92 Å². The second-order valence-electron chi connectivity index (χ2n) is 3.66. The zero-order valence-corrected chi connectivity index (χ0v) is 9.51. The number of nitrogens with zero attached hydrogens (tertiary/aromatic N) is 4. The normalized spacial score (nSPS) is 12.9. The van der Waals surface area contributed by atoms with Gasteiger partial charge in [-0.2, -0.15) is 20.5 Å². The molecule has 0 saturated carbocycles. The van der Waals surface area contributed by atoms with Gasteiger partial charge in [0, 0.05) is 13.2 Å². The average molecular weight is 220 g/mol. The van der Waals surface area contributed by atoms with Crippen LogP contribution in [0, 0.1) is 0 Å². The minimum absolute atomic E-state index is 0.0474. The van der Waals surface area contributed by atoms with Crippen LogP contribution in [0.25, 0.3) is 0 Å². The highest BCUT2D eigenvalue weighted by Crippen LogP contribution is 2.18. The van der Waals surface area contributed by atoms with Crippen LogP contribution in [0.2, 0.25) is 0 Å². The number of hydrogen-bond donors (Lipinski definition) is 2. The Morgan fingerprint density at radius 3 is 3.00 bits per heavy atom. The number of aryl methyl sites for hydroxylation is 1. The molecule has 86 valence electrons. The maximum Gasteiger partial charge on any atom is 0.105 e. The first-order valence-electron chi connectivity index (χ1n) is 5.40. The Labute approximate surface area is 94.1 Å². The molecule has 0 aliphatic carbocycles. The van der Waals surface area contributed by atoms with Crippen molar-refractivity contribution in [3.63, 3.8) is 0 Å². The summed E-state index contributed by atoms with van der Waals surface area (Å²) < 4.78 is 1.85. The van der Waals surface area contributed by atoms with E-state index >= 15 is 0 Å². The van der Waals surface area contributed by atoms with Crippen LogP contribution in [0.5, 0.6) is 0 Å². The molecule has 0 saturated heterocycles. The van der Waals surface area contributed by atoms with Gasteiger partial charge >= 0.3 is 0 Å². The van der Waals surface area contributed by atoms with E-state index in [9.17, 15) is 0 Å². The lowest BCUT2D eigenvalue weighted by Crippen LogP contribution is -2.25. The van der Waals surface area contributed by atoms with Crippen LogP contribution in [0.1, 0.15) is 30.8 Å². The Morgan fingerprint density at radius 1 is 1.56 bits per heavy atom. The monoisotopic (exact) mass is 220 g/mol. The van der Waals surface area contributed by atoms with Crippen molar-refractivity contribution < 1.29 is 0 Å². The van der Waals surface area contributed by atoms with E-state index in [-0.39, 0.29) is 6.04 Å². The van der Waals surface area contributed by atoms with E-state index in [1.54, 1.807) is 12.4 Å². The predicted octanol–water partition coefficient (Wildman–Crippen LogP) is 0.627. The molecular formula is C10H16N6. The van der Waals surface area contributed by atoms with E-state index in [0.717, 1.165) is 24.4 Å². The molecule has 2 N–H and O–H groups in total. The molecule has 6 heteroatoms. The lowest BCUT2D eigenvalue weighted by Gasteiger charge is -2.15. The van der Waals surface area contributed by atoms with Crippen LogP contribution >= 0.6 is 0 Å². The first-order chi connectivity index (χ1) is 7.83. The Kier molecular flexibility index (Phi) is 3.31. The molecular weight excluding hydrogens is 204 g/mol. The molecule has 0 bridgehead atoms. The third kappa shape index (κ3) is 2.11. The van der Waals surface area contributed by atoms with Gasteiger partial charge in [0.1, 0.15) is 5.69 Å². The SMILES string of the molecule is CCCNC(c1cn[nH]n1)c1ccnn1C. The molecule has 2 aromatic heterocycles. The smallest absolute Gasteiger partial charge is 0.105 e. The fourth-order valence-electron chi connectivity index (χ4n) is 1.67. The largest absolute Gasteiger partial charge is 0.304 e. The number of aromatic amines is 1. The molecule has 1 unspecified atom stereocenters. The zero-order valence-electron chi connectivity index (χ0n) is 9.51. The minimum Gasteiger partial charge on any atom is -0.304 e. The second-order valence-corrected chi connectivity index (χ2v) is 3.66. The van der Waals surface area contributed by atoms with Crippen molar-refractivity contribution in [3.05, 3.63) is 29.8 Å². The molecule has 0 fully saturated rings. The highest BCUT2D eigenvalue weighted by Gasteiger charge is 2.18. The van der Waals surface area contributed by atoms with Crippen LogP contribution < -0.4 is 5.32 Å². The van der Waals surface area contributed by atoms with Gasteiger partial charge in [-0.3, -0.25) is 4.68 Å². The number of hydrogen-bond acceptors (Lipinski definition) is 4. The molecule has 2 heterocycles. The highest BCUT2D eigenvalue weighted by molar-refractivity contribution is 5.18. The summed E-state index contributed by atoms with van der Waals surface area (Å²) in [5.74, 6) is 0. The van der Waals surface area contributed by atoms with Gasteiger partial charge in [-0.15, -0.1) is 0 Å². The average Bonchev–Trinajstić information content (AvgIpc) is 2.91. The van der Waals surface area contributed by atoms with Crippen molar-refractivity contribution in [2.45, 2.75) is 19.4 Å². The molecule has 16 heavy (non-hydrogen) atoms. The summed E-state index contributed by atoms with van der Waals surface area (Å²) >= 11 is 0. The fourth-order valence-corrected chi connectivity index (χ4v) is 1.67. The summed E-state index contributed by atoms with van der Waals surface area (Å²) in [4.78, 5) is 0. The molecule has 0 aliphatic rings. The summed E-state index contributed by atoms with van der Waals surface area (Å²) in [6.45, 7) is 3.07. The van der Waals surface area contributed by atoms with Gasteiger partial charge < -0.3 is 5.32 Å². The number of nitrogens with one attached hydrogen (secondary N) is 2. The first kappa shape index (κ1) is 10.8. The van der Waals surface area contributed by atoms with Crippen molar-refractivity contribution in [1.29, 1.82) is 0 Å². The number of rotatable bonds is 5. The van der Waals surface area contributed by atoms with E-state index in [2.05, 4.69) is 32.7 Å². The van der Waals surface area contributed by atoms with Crippen molar-refractivity contribution in [1.82, 2.24) is 30.5 Å². The van der Waals surface area contributed by atoms with Gasteiger partial charge in [-0.05, 0) is 19.0 Å². The third-order valence-electron chi connectivity index (χ3n) is 2.48. The van der Waals surface area contributed by atoms with E-state index in [0.29, 0.717) is 0 Å². The van der Waals surface area contributed by atoms with E-state index in [1.165, 1.54) is 0 Å². The predicted molar refractivity (Wildman–Crippen MR) is 59.7 cm³/mol. The van der Waals surface area contributed by atoms with Crippen LogP contribution in [0.15, 0.2) is 18.5 Å². The molecule has 6 nitrogen and oxygen atoms in total. The van der Waals surface area contributed by atoms with E-state index in [4.69, 9.17) is 0 Å². The maximum atomic E-state index is 4.17. The summed E-state index contributed by atoms with van der Waals surface area (Å²) in [7, 11) is 1.93. The second kappa shape index (κ2) is 4.89. The summed E-state index contributed by atoms with van der Waals surface area (Å²) in [5, 5.41) is 18.2. The summed E-state index contributed by atoms with van der Waals surface area (Å²) in [6.07, 6.45) is 4.60. The molecule has 2 rings (SSSR count). The number of H-pyrrole nitrogens is 1. The fraction of sp³-hybridized carbons (Fsp3) is 0.500. The minimum atomic E-state index is 0.0474. The molecule has 0 amide bonds. The number of aromatic nitrogens is 5. The topological polar surface area (TPSA) is 71.4 Å². The molecule has 0 aromatic carbocycles. The van der Waals surface area contributed by atoms with Gasteiger partial charge in [0.05, 0.1) is 17.9 Å². The van der Waals surface area contributed by atoms with Crippen LogP contribution in [0.3, 0.4) is 0 Å². The molecule has 2 aromatic rings. The lowest BCUT2D eigenvalue weighted by molar-refractivity contribution is 0.543. The lowest BCUT2D eigenvalue weighted by atomic mass is 10.1. The van der Waals surface area contributed by atoms with Gasteiger partial charge in [0.25, 0.3) is 0 Å². The molecule has 0 radical (unpaired) electrons. The van der Waals surface area contributed by atoms with Gasteiger partial charge in [-0.25, -0.2) is 0 Å². The van der Waals surface area contributed by atoms with E-state index in [1.807, 2.05) is 17.8 Å². The van der Waals surface area contributed by atoms with Crippen molar-refractivity contribution >= 4 is 0 Å². The van der Waals surface area contributed by atoms with Crippen LogP contribution in [0.4, 0.5) is 0 Å². The first-order valence-corrected chi connectivity index (χ1v) is 5.40. The molecule has 1 atom stereocenters. The Hall–Kier alpha value is -1.69. The Bertz CT molecular complexity index is 418. The quantitative estimate of drug-likeness (QED) is 0.775. The zero-order chi connectivity index (χ0) is 11.4. The van der Waals surface area contributed by atoms with Crippen molar-refractivity contribution in [3.8, 4) is 0 Å². The summed E-state index contributed by atoms with van der Waals surface area (Å²) in [5.41, 5.74) is 1.97. The van der Waals surface area contributed by atoms with Crippen molar-refractivity contribution in [2.24, 2.45) is 7.05 Å². The van der Waals surface area contributed by atoms with Gasteiger partial charge in [0.2, 0.25) is 0 Å². The van der Waals surface area contributed by atoms with Crippen molar-refractivity contribution in [2.75, 3.05) is 6.54 Å². The Morgan fingerprint density at radius 2 is 2.44 bits per heavy atom. The molecule has 0 aliphatic heterocycles. The summed E-state index contributed by atoms with van der Waals surface area (Å²) in [6, 6.07) is 2.04. The maximum absolute atomic E-state index is 4.17. The van der Waals surface area contributed by atoms with Gasteiger partial charge in [0.15, 0.2) is 0 Å².